The van der Waals surface area contributed by atoms with Gasteiger partial charge in [-0.05, 0) is 18.1 Å². The summed E-state index contributed by atoms with van der Waals surface area (Å²) in [6.45, 7) is 0.888. The molecule has 0 bridgehead atoms. The highest BCUT2D eigenvalue weighted by Crippen LogP contribution is 2.34. The minimum Gasteiger partial charge on any atom is -0.396 e. The fraction of sp³-hybridized carbons (Fsp3) is 0.200. The van der Waals surface area contributed by atoms with E-state index in [-0.39, 0.29) is 6.61 Å². The number of hydrogen-bond donors (Lipinski definition) is 2. The zero-order valence-corrected chi connectivity index (χ0v) is 11.7. The first-order valence-electron chi connectivity index (χ1n) is 6.53. The summed E-state index contributed by atoms with van der Waals surface area (Å²) in [5.41, 5.74) is 1.19. The Morgan fingerprint density at radius 2 is 2.00 bits per heavy atom. The largest absolute Gasteiger partial charge is 0.396 e. The van der Waals surface area contributed by atoms with Crippen molar-refractivity contribution in [1.82, 2.24) is 9.97 Å². The molecule has 1 aromatic carbocycles. The van der Waals surface area contributed by atoms with Crippen LogP contribution in [-0.2, 0) is 0 Å². The second kappa shape index (κ2) is 5.98. The summed E-state index contributed by atoms with van der Waals surface area (Å²) in [4.78, 5) is 10.8. The number of anilines is 1. The van der Waals surface area contributed by atoms with Crippen LogP contribution in [-0.4, -0.2) is 28.2 Å². The first kappa shape index (κ1) is 13.0. The van der Waals surface area contributed by atoms with E-state index in [0.717, 1.165) is 16.0 Å². The van der Waals surface area contributed by atoms with Crippen LogP contribution in [0.4, 0.5) is 5.82 Å². The maximum Gasteiger partial charge on any atom is 0.138 e. The molecule has 3 rings (SSSR count). The molecule has 102 valence electrons. The molecule has 0 amide bonds. The molecule has 0 unspecified atom stereocenters. The number of aliphatic hydroxyl groups is 1. The number of nitrogens with zero attached hydrogens (tertiary/aromatic N) is 2. The van der Waals surface area contributed by atoms with E-state index >= 15 is 0 Å². The van der Waals surface area contributed by atoms with Crippen molar-refractivity contribution in [3.05, 3.63) is 42.7 Å². The van der Waals surface area contributed by atoms with Gasteiger partial charge in [0, 0.05) is 18.0 Å². The molecule has 4 nitrogen and oxygen atoms in total. The van der Waals surface area contributed by atoms with Crippen LogP contribution in [0, 0.1) is 0 Å². The molecular weight excluding hydrogens is 270 g/mol. The predicted octanol–water partition coefficient (Wildman–Crippen LogP) is 3.15. The maximum atomic E-state index is 8.84. The number of aliphatic hydroxyl groups excluding tert-OH is 1. The minimum atomic E-state index is 0.181. The molecule has 0 saturated heterocycles. The fourth-order valence-corrected chi connectivity index (χ4v) is 3.03. The molecule has 2 heterocycles. The van der Waals surface area contributed by atoms with Crippen LogP contribution in [0.3, 0.4) is 0 Å². The van der Waals surface area contributed by atoms with Gasteiger partial charge in [0.05, 0.1) is 5.39 Å². The zero-order chi connectivity index (χ0) is 13.8. The van der Waals surface area contributed by atoms with E-state index in [1.807, 2.05) is 18.2 Å². The van der Waals surface area contributed by atoms with Crippen LogP contribution in [0.1, 0.15) is 6.42 Å². The van der Waals surface area contributed by atoms with E-state index in [0.29, 0.717) is 13.0 Å². The van der Waals surface area contributed by atoms with Gasteiger partial charge >= 0.3 is 0 Å². The molecule has 0 radical (unpaired) electrons. The van der Waals surface area contributed by atoms with Crippen LogP contribution in [0.25, 0.3) is 20.7 Å². The summed E-state index contributed by atoms with van der Waals surface area (Å²) in [6, 6.07) is 12.4. The third-order valence-electron chi connectivity index (χ3n) is 3.02. The van der Waals surface area contributed by atoms with Crippen molar-refractivity contribution in [3.63, 3.8) is 0 Å². The van der Waals surface area contributed by atoms with Crippen LogP contribution in [0.15, 0.2) is 42.7 Å². The summed E-state index contributed by atoms with van der Waals surface area (Å²) < 4.78 is 0. The molecule has 0 atom stereocenters. The molecule has 5 heteroatoms. The zero-order valence-electron chi connectivity index (χ0n) is 10.9. The molecule has 2 N–H and O–H groups in total. The van der Waals surface area contributed by atoms with Gasteiger partial charge in [-0.1, -0.05) is 30.3 Å². The van der Waals surface area contributed by atoms with E-state index < -0.39 is 0 Å². The molecule has 0 fully saturated rings. The molecular formula is C15H15N3OS. The van der Waals surface area contributed by atoms with Crippen LogP contribution in [0.5, 0.6) is 0 Å². The standard InChI is InChI=1S/C15H15N3OS/c19-8-4-7-16-14-12-9-13(11-5-2-1-3-6-11)20-15(12)18-10-17-14/h1-3,5-6,9-10,19H,4,7-8H2,(H,16,17,18). The number of aromatic nitrogens is 2. The Morgan fingerprint density at radius 3 is 2.80 bits per heavy atom. The summed E-state index contributed by atoms with van der Waals surface area (Å²) in [6.07, 6.45) is 2.29. The normalized spacial score (nSPS) is 10.8. The minimum absolute atomic E-state index is 0.181. The first-order valence-corrected chi connectivity index (χ1v) is 7.35. The molecule has 0 saturated carbocycles. The highest BCUT2D eigenvalue weighted by Gasteiger charge is 2.09. The first-order chi connectivity index (χ1) is 9.88. The lowest BCUT2D eigenvalue weighted by molar-refractivity contribution is 0.292. The van der Waals surface area contributed by atoms with E-state index in [4.69, 9.17) is 5.11 Å². The molecule has 2 aromatic heterocycles. The number of benzene rings is 1. The Balaban J connectivity index is 1.96. The van der Waals surface area contributed by atoms with E-state index in [1.165, 1.54) is 10.4 Å². The Bertz CT molecular complexity index is 697. The van der Waals surface area contributed by atoms with Gasteiger partial charge in [-0.25, -0.2) is 9.97 Å². The smallest absolute Gasteiger partial charge is 0.138 e. The lowest BCUT2D eigenvalue weighted by Gasteiger charge is -2.04. The third kappa shape index (κ3) is 2.64. The highest BCUT2D eigenvalue weighted by atomic mass is 32.1. The molecule has 0 spiro atoms. The van der Waals surface area contributed by atoms with E-state index in [9.17, 15) is 0 Å². The van der Waals surface area contributed by atoms with Crippen molar-refractivity contribution in [2.24, 2.45) is 0 Å². The molecule has 0 aliphatic carbocycles. The van der Waals surface area contributed by atoms with Crippen molar-refractivity contribution in [2.75, 3.05) is 18.5 Å². The lowest BCUT2D eigenvalue weighted by atomic mass is 10.2. The van der Waals surface area contributed by atoms with Gasteiger partial charge in [0.15, 0.2) is 0 Å². The summed E-state index contributed by atoms with van der Waals surface area (Å²) in [7, 11) is 0. The third-order valence-corrected chi connectivity index (χ3v) is 4.11. The van der Waals surface area contributed by atoms with Gasteiger partial charge in [0.1, 0.15) is 17.0 Å². The van der Waals surface area contributed by atoms with Gasteiger partial charge in [0.2, 0.25) is 0 Å². The number of nitrogens with one attached hydrogen (secondary N) is 1. The summed E-state index contributed by atoms with van der Waals surface area (Å²) >= 11 is 1.66. The Hall–Kier alpha value is -1.98. The quantitative estimate of drug-likeness (QED) is 0.707. The SMILES string of the molecule is OCCCNc1ncnc2sc(-c3ccccc3)cc12. The van der Waals surface area contributed by atoms with Crippen LogP contribution >= 0.6 is 11.3 Å². The van der Waals surface area contributed by atoms with Gasteiger partial charge in [0.25, 0.3) is 0 Å². The van der Waals surface area contributed by atoms with Gasteiger partial charge in [-0.3, -0.25) is 0 Å². The van der Waals surface area contributed by atoms with Crippen molar-refractivity contribution in [1.29, 1.82) is 0 Å². The van der Waals surface area contributed by atoms with Crippen LogP contribution < -0.4 is 5.32 Å². The maximum absolute atomic E-state index is 8.84. The number of thiophene rings is 1. The molecule has 20 heavy (non-hydrogen) atoms. The number of rotatable bonds is 5. The average Bonchev–Trinajstić information content (AvgIpc) is 2.93. The molecule has 0 aliphatic rings. The summed E-state index contributed by atoms with van der Waals surface area (Å²) in [5.74, 6) is 0.835. The van der Waals surface area contributed by atoms with Crippen molar-refractivity contribution < 1.29 is 5.11 Å². The average molecular weight is 285 g/mol. The summed E-state index contributed by atoms with van der Waals surface area (Å²) in [5, 5.41) is 13.1. The van der Waals surface area contributed by atoms with Gasteiger partial charge < -0.3 is 10.4 Å². The molecule has 0 aliphatic heterocycles. The number of hydrogen-bond acceptors (Lipinski definition) is 5. The van der Waals surface area contributed by atoms with Crippen molar-refractivity contribution in [2.45, 2.75) is 6.42 Å². The van der Waals surface area contributed by atoms with Gasteiger partial charge in [-0.2, -0.15) is 0 Å². The number of fused-ring (bicyclic) bond motifs is 1. The Kier molecular flexibility index (Phi) is 3.90. The Morgan fingerprint density at radius 1 is 1.15 bits per heavy atom. The molecule has 3 aromatic rings. The van der Waals surface area contributed by atoms with Crippen LogP contribution in [0.2, 0.25) is 0 Å². The van der Waals surface area contributed by atoms with Crippen molar-refractivity contribution >= 4 is 27.4 Å². The predicted molar refractivity (Wildman–Crippen MR) is 83.0 cm³/mol. The van der Waals surface area contributed by atoms with Crippen molar-refractivity contribution in [3.8, 4) is 10.4 Å². The Labute approximate surface area is 121 Å². The second-order valence-corrected chi connectivity index (χ2v) is 5.45. The topological polar surface area (TPSA) is 58.0 Å². The fourth-order valence-electron chi connectivity index (χ4n) is 2.03. The lowest BCUT2D eigenvalue weighted by Crippen LogP contribution is -2.05. The second-order valence-electron chi connectivity index (χ2n) is 4.42. The monoisotopic (exact) mass is 285 g/mol. The van der Waals surface area contributed by atoms with Gasteiger partial charge in [-0.15, -0.1) is 11.3 Å². The van der Waals surface area contributed by atoms with E-state index in [2.05, 4.69) is 33.5 Å². The van der Waals surface area contributed by atoms with E-state index in [1.54, 1.807) is 17.7 Å². The highest BCUT2D eigenvalue weighted by molar-refractivity contribution is 7.21.